The lowest BCUT2D eigenvalue weighted by atomic mass is 10.2. The zero-order valence-corrected chi connectivity index (χ0v) is 14.3. The SMILES string of the molecule is CC(=O)NCCN(Cc1cc(Br)c(Cl)s1)C(C)C(=O)O. The van der Waals surface area contributed by atoms with Gasteiger partial charge in [0.1, 0.15) is 10.4 Å². The maximum Gasteiger partial charge on any atom is 0.320 e. The largest absolute Gasteiger partial charge is 0.480 e. The van der Waals surface area contributed by atoms with Crippen molar-refractivity contribution in [2.45, 2.75) is 26.4 Å². The van der Waals surface area contributed by atoms with E-state index in [-0.39, 0.29) is 5.91 Å². The third kappa shape index (κ3) is 5.40. The normalized spacial score (nSPS) is 12.4. The molecule has 112 valence electrons. The molecule has 1 atom stereocenters. The number of carbonyl (C=O) groups is 2. The predicted molar refractivity (Wildman–Crippen MR) is 83.2 cm³/mol. The van der Waals surface area contributed by atoms with Gasteiger partial charge in [0.05, 0.1) is 0 Å². The van der Waals surface area contributed by atoms with E-state index in [0.717, 1.165) is 9.35 Å². The van der Waals surface area contributed by atoms with E-state index in [1.54, 1.807) is 11.8 Å². The van der Waals surface area contributed by atoms with Crippen molar-refractivity contribution in [3.05, 3.63) is 19.8 Å². The van der Waals surface area contributed by atoms with Crippen LogP contribution >= 0.6 is 38.9 Å². The second-order valence-electron chi connectivity index (χ2n) is 4.30. The summed E-state index contributed by atoms with van der Waals surface area (Å²) in [5.74, 6) is -1.02. The zero-order valence-electron chi connectivity index (χ0n) is 11.2. The van der Waals surface area contributed by atoms with Crippen molar-refractivity contribution in [3.63, 3.8) is 0 Å². The van der Waals surface area contributed by atoms with Gasteiger partial charge in [-0.15, -0.1) is 11.3 Å². The molecule has 20 heavy (non-hydrogen) atoms. The Morgan fingerprint density at radius 3 is 2.70 bits per heavy atom. The van der Waals surface area contributed by atoms with Crippen molar-refractivity contribution in [1.82, 2.24) is 10.2 Å². The Bertz CT molecular complexity index is 476. The molecule has 2 N–H and O–H groups in total. The Labute approximate surface area is 135 Å². The molecule has 8 heteroatoms. The molecule has 0 aliphatic heterocycles. The standard InChI is InChI=1S/C12H16BrClN2O3S/c1-7(12(18)19)16(4-3-15-8(2)17)6-9-5-10(13)11(14)20-9/h5,7H,3-4,6H2,1-2H3,(H,15,17)(H,18,19). The van der Waals surface area contributed by atoms with Crippen LogP contribution in [0.25, 0.3) is 0 Å². The maximum atomic E-state index is 11.1. The highest BCUT2D eigenvalue weighted by Gasteiger charge is 2.21. The van der Waals surface area contributed by atoms with E-state index in [1.165, 1.54) is 18.3 Å². The molecule has 1 unspecified atom stereocenters. The highest BCUT2D eigenvalue weighted by atomic mass is 79.9. The fraction of sp³-hybridized carbons (Fsp3) is 0.500. The Balaban J connectivity index is 2.71. The van der Waals surface area contributed by atoms with Crippen LogP contribution in [0.4, 0.5) is 0 Å². The summed E-state index contributed by atoms with van der Waals surface area (Å²) in [6.07, 6.45) is 0. The number of hydrogen-bond acceptors (Lipinski definition) is 4. The second kappa shape index (κ2) is 7.97. The van der Waals surface area contributed by atoms with Gasteiger partial charge < -0.3 is 10.4 Å². The average molecular weight is 384 g/mol. The molecule has 1 rings (SSSR count). The van der Waals surface area contributed by atoms with Crippen molar-refractivity contribution < 1.29 is 14.7 Å². The third-order valence-corrected chi connectivity index (χ3v) is 5.19. The Hall–Kier alpha value is -0.630. The fourth-order valence-corrected chi connectivity index (χ4v) is 3.43. The number of carboxylic acid groups (broad SMARTS) is 1. The molecular formula is C12H16BrClN2O3S. The Kier molecular flexibility index (Phi) is 6.94. The van der Waals surface area contributed by atoms with Gasteiger partial charge in [-0.2, -0.15) is 0 Å². The van der Waals surface area contributed by atoms with Gasteiger partial charge in [-0.25, -0.2) is 0 Å². The molecule has 0 aromatic carbocycles. The maximum absolute atomic E-state index is 11.1. The first kappa shape index (κ1) is 17.4. The van der Waals surface area contributed by atoms with E-state index in [0.29, 0.717) is 24.0 Å². The highest BCUT2D eigenvalue weighted by molar-refractivity contribution is 9.10. The number of amides is 1. The lowest BCUT2D eigenvalue weighted by Crippen LogP contribution is -2.42. The van der Waals surface area contributed by atoms with E-state index in [4.69, 9.17) is 16.7 Å². The van der Waals surface area contributed by atoms with Crippen molar-refractivity contribution in [2.75, 3.05) is 13.1 Å². The zero-order chi connectivity index (χ0) is 15.3. The highest BCUT2D eigenvalue weighted by Crippen LogP contribution is 2.32. The minimum atomic E-state index is -0.894. The third-order valence-electron chi connectivity index (χ3n) is 2.73. The molecular weight excluding hydrogens is 368 g/mol. The van der Waals surface area contributed by atoms with Gasteiger partial charge in [-0.1, -0.05) is 11.6 Å². The van der Waals surface area contributed by atoms with Crippen LogP contribution in [0.15, 0.2) is 10.5 Å². The summed E-state index contributed by atoms with van der Waals surface area (Å²) in [4.78, 5) is 24.8. The summed E-state index contributed by atoms with van der Waals surface area (Å²) in [5, 5.41) is 11.8. The number of carbonyl (C=O) groups excluding carboxylic acids is 1. The first-order valence-electron chi connectivity index (χ1n) is 5.96. The number of nitrogens with one attached hydrogen (secondary N) is 1. The number of hydrogen-bond donors (Lipinski definition) is 2. The minimum Gasteiger partial charge on any atom is -0.480 e. The number of rotatable bonds is 7. The summed E-state index contributed by atoms with van der Waals surface area (Å²) >= 11 is 10.7. The molecule has 1 aromatic rings. The topological polar surface area (TPSA) is 69.6 Å². The lowest BCUT2D eigenvalue weighted by Gasteiger charge is -2.25. The van der Waals surface area contributed by atoms with Crippen LogP contribution in [0.3, 0.4) is 0 Å². The van der Waals surface area contributed by atoms with Gasteiger partial charge in [-0.05, 0) is 28.9 Å². The van der Waals surface area contributed by atoms with E-state index in [2.05, 4.69) is 21.2 Å². The van der Waals surface area contributed by atoms with Crippen LogP contribution in [0.2, 0.25) is 4.34 Å². The number of nitrogens with zero attached hydrogens (tertiary/aromatic N) is 1. The van der Waals surface area contributed by atoms with Crippen LogP contribution in [0.5, 0.6) is 0 Å². The Morgan fingerprint density at radius 1 is 1.60 bits per heavy atom. The molecule has 5 nitrogen and oxygen atoms in total. The molecule has 0 aliphatic rings. The van der Waals surface area contributed by atoms with E-state index in [9.17, 15) is 9.59 Å². The molecule has 0 radical (unpaired) electrons. The molecule has 0 saturated carbocycles. The van der Waals surface area contributed by atoms with Crippen LogP contribution in [-0.2, 0) is 16.1 Å². The van der Waals surface area contributed by atoms with Crippen LogP contribution in [0, 0.1) is 0 Å². The van der Waals surface area contributed by atoms with Crippen molar-refractivity contribution in [3.8, 4) is 0 Å². The Morgan fingerprint density at radius 2 is 2.25 bits per heavy atom. The molecule has 0 aliphatic carbocycles. The first-order valence-corrected chi connectivity index (χ1v) is 7.95. The van der Waals surface area contributed by atoms with Crippen LogP contribution in [-0.4, -0.2) is 41.0 Å². The molecule has 0 bridgehead atoms. The number of carboxylic acids is 1. The quantitative estimate of drug-likeness (QED) is 0.759. The molecule has 1 heterocycles. The summed E-state index contributed by atoms with van der Waals surface area (Å²) < 4.78 is 1.45. The van der Waals surface area contributed by atoms with Gasteiger partial charge in [-0.3, -0.25) is 14.5 Å². The van der Waals surface area contributed by atoms with Crippen molar-refractivity contribution in [1.29, 1.82) is 0 Å². The average Bonchev–Trinajstić information content (AvgIpc) is 2.65. The van der Waals surface area contributed by atoms with E-state index < -0.39 is 12.0 Å². The minimum absolute atomic E-state index is 0.130. The smallest absolute Gasteiger partial charge is 0.320 e. The van der Waals surface area contributed by atoms with Crippen LogP contribution in [0.1, 0.15) is 18.7 Å². The summed E-state index contributed by atoms with van der Waals surface area (Å²) in [7, 11) is 0. The van der Waals surface area contributed by atoms with Crippen molar-refractivity contribution >= 4 is 50.7 Å². The monoisotopic (exact) mass is 382 g/mol. The summed E-state index contributed by atoms with van der Waals surface area (Å²) in [6, 6.07) is 1.25. The van der Waals surface area contributed by atoms with Crippen LogP contribution < -0.4 is 5.32 Å². The van der Waals surface area contributed by atoms with Crippen molar-refractivity contribution in [2.24, 2.45) is 0 Å². The van der Waals surface area contributed by atoms with E-state index in [1.807, 2.05) is 6.07 Å². The lowest BCUT2D eigenvalue weighted by molar-refractivity contribution is -0.142. The van der Waals surface area contributed by atoms with Gasteiger partial charge in [0.15, 0.2) is 0 Å². The molecule has 0 spiro atoms. The molecule has 1 aromatic heterocycles. The van der Waals surface area contributed by atoms with Gasteiger partial charge in [0.25, 0.3) is 0 Å². The van der Waals surface area contributed by atoms with Gasteiger partial charge >= 0.3 is 5.97 Å². The van der Waals surface area contributed by atoms with Gasteiger partial charge in [0.2, 0.25) is 5.91 Å². The second-order valence-corrected chi connectivity index (χ2v) is 6.90. The number of halogens is 2. The number of thiophene rings is 1. The molecule has 1 amide bonds. The number of aliphatic carboxylic acids is 1. The summed E-state index contributed by atoms with van der Waals surface area (Å²) in [6.45, 7) is 4.40. The molecule has 0 fully saturated rings. The first-order chi connectivity index (χ1) is 9.31. The van der Waals surface area contributed by atoms with Gasteiger partial charge in [0, 0.05) is 35.9 Å². The molecule has 0 saturated heterocycles. The summed E-state index contributed by atoms with van der Waals surface area (Å²) in [5.41, 5.74) is 0. The fourth-order valence-electron chi connectivity index (χ4n) is 1.61. The van der Waals surface area contributed by atoms with E-state index >= 15 is 0 Å². The predicted octanol–water partition coefficient (Wildman–Crippen LogP) is 2.58.